The summed E-state index contributed by atoms with van der Waals surface area (Å²) in [5, 5.41) is 3.87. The number of hydrogen-bond donors (Lipinski definition) is 0. The average molecular weight is 217 g/mol. The zero-order chi connectivity index (χ0) is 10.8. The highest BCUT2D eigenvalue weighted by Crippen LogP contribution is 2.17. The SMILES string of the molecule is Cc1ccc(C(=O)c2cscc2C)cn1. The van der Waals surface area contributed by atoms with Gasteiger partial charge in [0.05, 0.1) is 0 Å². The highest BCUT2D eigenvalue weighted by Gasteiger charge is 2.12. The molecule has 0 amide bonds. The highest BCUT2D eigenvalue weighted by atomic mass is 32.1. The van der Waals surface area contributed by atoms with Gasteiger partial charge in [0.1, 0.15) is 0 Å². The van der Waals surface area contributed by atoms with Gasteiger partial charge in [0.25, 0.3) is 0 Å². The molecule has 0 spiro atoms. The maximum absolute atomic E-state index is 12.0. The molecule has 0 aliphatic carbocycles. The first-order valence-corrected chi connectivity index (χ1v) is 5.63. The third kappa shape index (κ3) is 1.97. The minimum absolute atomic E-state index is 0.0567. The molecule has 3 heteroatoms. The quantitative estimate of drug-likeness (QED) is 0.724. The summed E-state index contributed by atoms with van der Waals surface area (Å²) in [7, 11) is 0. The van der Waals surface area contributed by atoms with Crippen LogP contribution in [0.5, 0.6) is 0 Å². The van der Waals surface area contributed by atoms with E-state index in [1.807, 2.05) is 36.7 Å². The lowest BCUT2D eigenvalue weighted by molar-refractivity contribution is 0.103. The average Bonchev–Trinajstić information content (AvgIpc) is 2.65. The molecular formula is C12H11NOS. The molecule has 2 rings (SSSR count). The predicted octanol–water partition coefficient (Wildman–Crippen LogP) is 2.99. The van der Waals surface area contributed by atoms with Crippen molar-refractivity contribution in [2.24, 2.45) is 0 Å². The van der Waals surface area contributed by atoms with E-state index in [1.165, 1.54) is 0 Å². The molecular weight excluding hydrogens is 206 g/mol. The van der Waals surface area contributed by atoms with Gasteiger partial charge in [0, 0.05) is 28.4 Å². The van der Waals surface area contributed by atoms with Crippen LogP contribution in [0.15, 0.2) is 29.1 Å². The van der Waals surface area contributed by atoms with Crippen molar-refractivity contribution >= 4 is 17.1 Å². The summed E-state index contributed by atoms with van der Waals surface area (Å²) < 4.78 is 0. The lowest BCUT2D eigenvalue weighted by Crippen LogP contribution is -2.02. The molecule has 2 nitrogen and oxygen atoms in total. The minimum Gasteiger partial charge on any atom is -0.289 e. The van der Waals surface area contributed by atoms with Crippen LogP contribution in [0.4, 0.5) is 0 Å². The molecule has 0 atom stereocenters. The number of aryl methyl sites for hydroxylation is 2. The van der Waals surface area contributed by atoms with Crippen LogP contribution in [-0.4, -0.2) is 10.8 Å². The van der Waals surface area contributed by atoms with Gasteiger partial charge in [0.15, 0.2) is 5.78 Å². The third-order valence-corrected chi connectivity index (χ3v) is 3.14. The molecule has 0 unspecified atom stereocenters. The zero-order valence-corrected chi connectivity index (χ0v) is 9.47. The second-order valence-corrected chi connectivity index (χ2v) is 4.23. The second kappa shape index (κ2) is 3.95. The summed E-state index contributed by atoms with van der Waals surface area (Å²) in [6.07, 6.45) is 1.63. The summed E-state index contributed by atoms with van der Waals surface area (Å²) in [4.78, 5) is 16.1. The van der Waals surface area contributed by atoms with Crippen molar-refractivity contribution in [1.29, 1.82) is 0 Å². The molecule has 0 radical (unpaired) electrons. The van der Waals surface area contributed by atoms with Gasteiger partial charge in [-0.25, -0.2) is 0 Å². The number of nitrogens with zero attached hydrogens (tertiary/aromatic N) is 1. The van der Waals surface area contributed by atoms with Crippen molar-refractivity contribution in [3.8, 4) is 0 Å². The number of carbonyl (C=O) groups is 1. The normalized spacial score (nSPS) is 10.3. The number of pyridine rings is 1. The maximum Gasteiger partial charge on any atom is 0.195 e. The first-order chi connectivity index (χ1) is 7.18. The number of aromatic nitrogens is 1. The van der Waals surface area contributed by atoms with Crippen LogP contribution in [0, 0.1) is 13.8 Å². The zero-order valence-electron chi connectivity index (χ0n) is 8.65. The Hall–Kier alpha value is -1.48. The lowest BCUT2D eigenvalue weighted by atomic mass is 10.0. The summed E-state index contributed by atoms with van der Waals surface area (Å²) in [6.45, 7) is 3.86. The third-order valence-electron chi connectivity index (χ3n) is 2.27. The number of ketones is 1. The summed E-state index contributed by atoms with van der Waals surface area (Å²) >= 11 is 1.55. The first kappa shape index (κ1) is 10.1. The highest BCUT2D eigenvalue weighted by molar-refractivity contribution is 7.08. The van der Waals surface area contributed by atoms with E-state index in [1.54, 1.807) is 17.5 Å². The largest absolute Gasteiger partial charge is 0.289 e. The van der Waals surface area contributed by atoms with Gasteiger partial charge < -0.3 is 0 Å². The Balaban J connectivity index is 2.37. The van der Waals surface area contributed by atoms with E-state index in [0.29, 0.717) is 5.56 Å². The van der Waals surface area contributed by atoms with E-state index in [0.717, 1.165) is 16.8 Å². The Kier molecular flexibility index (Phi) is 2.64. The number of hydrogen-bond acceptors (Lipinski definition) is 3. The van der Waals surface area contributed by atoms with Gasteiger partial charge in [0.2, 0.25) is 0 Å². The molecule has 2 heterocycles. The van der Waals surface area contributed by atoms with Crippen LogP contribution in [0.1, 0.15) is 27.2 Å². The fraction of sp³-hybridized carbons (Fsp3) is 0.167. The molecule has 0 saturated carbocycles. The molecule has 2 aromatic heterocycles. The monoisotopic (exact) mass is 217 g/mol. The fourth-order valence-electron chi connectivity index (χ4n) is 1.35. The van der Waals surface area contributed by atoms with E-state index in [2.05, 4.69) is 4.98 Å². The van der Waals surface area contributed by atoms with Crippen LogP contribution >= 0.6 is 11.3 Å². The summed E-state index contributed by atoms with van der Waals surface area (Å²) in [5.41, 5.74) is 3.40. The number of carbonyl (C=O) groups excluding carboxylic acids is 1. The topological polar surface area (TPSA) is 30.0 Å². The maximum atomic E-state index is 12.0. The van der Waals surface area contributed by atoms with E-state index in [4.69, 9.17) is 0 Å². The molecule has 0 bridgehead atoms. The Labute approximate surface area is 92.6 Å². The van der Waals surface area contributed by atoms with Crippen LogP contribution in [0.2, 0.25) is 0 Å². The van der Waals surface area contributed by atoms with Gasteiger partial charge in [-0.3, -0.25) is 9.78 Å². The first-order valence-electron chi connectivity index (χ1n) is 4.68. The Morgan fingerprint density at radius 3 is 2.60 bits per heavy atom. The molecule has 15 heavy (non-hydrogen) atoms. The Morgan fingerprint density at radius 2 is 2.07 bits per heavy atom. The van der Waals surface area contributed by atoms with Gasteiger partial charge >= 0.3 is 0 Å². The van der Waals surface area contributed by atoms with Gasteiger partial charge in [-0.1, -0.05) is 0 Å². The van der Waals surface area contributed by atoms with E-state index < -0.39 is 0 Å². The van der Waals surface area contributed by atoms with E-state index >= 15 is 0 Å². The van der Waals surface area contributed by atoms with Crippen LogP contribution < -0.4 is 0 Å². The van der Waals surface area contributed by atoms with E-state index in [-0.39, 0.29) is 5.78 Å². The smallest absolute Gasteiger partial charge is 0.195 e. The van der Waals surface area contributed by atoms with Gasteiger partial charge in [-0.2, -0.15) is 11.3 Å². The van der Waals surface area contributed by atoms with Crippen molar-refractivity contribution in [3.05, 3.63) is 51.5 Å². The molecule has 0 aliphatic rings. The number of rotatable bonds is 2. The van der Waals surface area contributed by atoms with Gasteiger partial charge in [-0.05, 0) is 36.9 Å². The lowest BCUT2D eigenvalue weighted by Gasteiger charge is -2.00. The van der Waals surface area contributed by atoms with Crippen molar-refractivity contribution in [2.45, 2.75) is 13.8 Å². The minimum atomic E-state index is 0.0567. The van der Waals surface area contributed by atoms with E-state index in [9.17, 15) is 4.79 Å². The molecule has 0 N–H and O–H groups in total. The van der Waals surface area contributed by atoms with Crippen LogP contribution in [-0.2, 0) is 0 Å². The molecule has 2 aromatic rings. The van der Waals surface area contributed by atoms with Crippen molar-refractivity contribution in [3.63, 3.8) is 0 Å². The number of thiophene rings is 1. The van der Waals surface area contributed by atoms with Crippen LogP contribution in [0.25, 0.3) is 0 Å². The molecule has 0 saturated heterocycles. The van der Waals surface area contributed by atoms with Crippen molar-refractivity contribution in [1.82, 2.24) is 4.98 Å². The molecule has 0 aromatic carbocycles. The molecule has 0 fully saturated rings. The van der Waals surface area contributed by atoms with Gasteiger partial charge in [-0.15, -0.1) is 0 Å². The Bertz CT molecular complexity index is 485. The summed E-state index contributed by atoms with van der Waals surface area (Å²) in [6, 6.07) is 3.68. The predicted molar refractivity (Wildman–Crippen MR) is 61.5 cm³/mol. The summed E-state index contributed by atoms with van der Waals surface area (Å²) in [5.74, 6) is 0.0567. The van der Waals surface area contributed by atoms with Crippen LogP contribution in [0.3, 0.4) is 0 Å². The molecule has 0 aliphatic heterocycles. The van der Waals surface area contributed by atoms with Crippen molar-refractivity contribution in [2.75, 3.05) is 0 Å². The Morgan fingerprint density at radius 1 is 1.27 bits per heavy atom. The fourth-order valence-corrected chi connectivity index (χ4v) is 2.18. The molecule has 76 valence electrons. The second-order valence-electron chi connectivity index (χ2n) is 3.49. The van der Waals surface area contributed by atoms with Crippen molar-refractivity contribution < 1.29 is 4.79 Å². The standard InChI is InChI=1S/C12H11NOS/c1-8-6-15-7-11(8)12(14)10-4-3-9(2)13-5-10/h3-7H,1-2H3.